The van der Waals surface area contributed by atoms with Crippen molar-refractivity contribution in [1.82, 2.24) is 5.48 Å². The molecule has 6 atom stereocenters. The maximum absolute atomic E-state index is 12.5. The smallest absolute Gasteiger partial charge is 0.328 e. The maximum atomic E-state index is 12.5. The van der Waals surface area contributed by atoms with Crippen molar-refractivity contribution in [3.05, 3.63) is 34.9 Å². The van der Waals surface area contributed by atoms with E-state index < -0.39 is 0 Å². The van der Waals surface area contributed by atoms with Gasteiger partial charge in [0.05, 0.1) is 36.7 Å². The zero-order valence-electron chi connectivity index (χ0n) is 21.7. The molecule has 2 aliphatic heterocycles. The largest absolute Gasteiger partial charge is 0.379 e. The van der Waals surface area contributed by atoms with E-state index in [2.05, 4.69) is 65.3 Å². The number of allylic oxidation sites excluding steroid dienone is 4. The Morgan fingerprint density at radius 1 is 1.09 bits per heavy atom. The standard InChI is InChI=1S/C27H43NO5/c1-18(2)10-9-11-20(5)16-23(29)33-28-21-14-15-27(17-31-27)25(6,24(21)30-8)26(7)22(32-26)13-12-19(3)4/h10-12,21-22,24,28H,9,13-17H2,1-8H3/b20-11+/t21?,22?,24-,25-,26?,27+/m1/s1. The molecule has 1 N–H and O–H groups in total. The van der Waals surface area contributed by atoms with Crippen molar-refractivity contribution in [3.63, 3.8) is 0 Å². The lowest BCUT2D eigenvalue weighted by atomic mass is 9.56. The molecule has 1 saturated carbocycles. The Bertz CT molecular complexity index is 818. The summed E-state index contributed by atoms with van der Waals surface area (Å²) in [6.07, 6.45) is 10.0. The SMILES string of the molecule is CO[C@@H]1C(NOC(=O)C/C(C)=C/CC=C(C)C)CC[C@]2(CO2)[C@@]1(C)C1(C)OC1CC=C(C)C. The quantitative estimate of drug-likeness (QED) is 0.274. The minimum Gasteiger partial charge on any atom is -0.379 e. The summed E-state index contributed by atoms with van der Waals surface area (Å²) in [4.78, 5) is 18.0. The predicted octanol–water partition coefficient (Wildman–Crippen LogP) is 5.19. The van der Waals surface area contributed by atoms with Gasteiger partial charge in [-0.15, -0.1) is 5.48 Å². The Balaban J connectivity index is 1.66. The van der Waals surface area contributed by atoms with Gasteiger partial charge in [0.1, 0.15) is 11.2 Å². The molecule has 0 aromatic heterocycles. The minimum atomic E-state index is -0.364. The van der Waals surface area contributed by atoms with Gasteiger partial charge in [0.25, 0.3) is 0 Å². The van der Waals surface area contributed by atoms with Crippen molar-refractivity contribution in [2.45, 2.75) is 110 Å². The van der Waals surface area contributed by atoms with Crippen molar-refractivity contribution in [2.75, 3.05) is 13.7 Å². The molecule has 0 amide bonds. The summed E-state index contributed by atoms with van der Waals surface area (Å²) in [7, 11) is 1.73. The van der Waals surface area contributed by atoms with Crippen LogP contribution >= 0.6 is 0 Å². The molecule has 0 bridgehead atoms. The van der Waals surface area contributed by atoms with E-state index in [0.717, 1.165) is 37.9 Å². The van der Waals surface area contributed by atoms with Crippen LogP contribution in [-0.4, -0.2) is 49.1 Å². The van der Waals surface area contributed by atoms with Crippen molar-refractivity contribution >= 4 is 5.97 Å². The summed E-state index contributed by atoms with van der Waals surface area (Å²) in [5.74, 6) is -0.282. The maximum Gasteiger partial charge on any atom is 0.328 e. The van der Waals surface area contributed by atoms with Crippen molar-refractivity contribution in [1.29, 1.82) is 0 Å². The highest BCUT2D eigenvalue weighted by Gasteiger charge is 2.79. The van der Waals surface area contributed by atoms with E-state index in [0.29, 0.717) is 0 Å². The Hall–Kier alpha value is -1.47. The predicted molar refractivity (Wildman–Crippen MR) is 130 cm³/mol. The van der Waals surface area contributed by atoms with Crippen LogP contribution in [0.3, 0.4) is 0 Å². The molecule has 0 radical (unpaired) electrons. The average molecular weight is 462 g/mol. The molecule has 3 unspecified atom stereocenters. The average Bonchev–Trinajstić information content (AvgIpc) is 3.64. The van der Waals surface area contributed by atoms with Gasteiger partial charge in [-0.2, -0.15) is 0 Å². The van der Waals surface area contributed by atoms with Gasteiger partial charge in [-0.3, -0.25) is 4.79 Å². The van der Waals surface area contributed by atoms with E-state index >= 15 is 0 Å². The number of methoxy groups -OCH3 is 1. The van der Waals surface area contributed by atoms with Gasteiger partial charge in [0.2, 0.25) is 0 Å². The third-order valence-corrected chi connectivity index (χ3v) is 7.94. The van der Waals surface area contributed by atoms with Gasteiger partial charge in [0, 0.05) is 7.11 Å². The number of carbonyl (C=O) groups is 1. The van der Waals surface area contributed by atoms with Crippen LogP contribution in [0.25, 0.3) is 0 Å². The molecule has 3 fully saturated rings. The van der Waals surface area contributed by atoms with Gasteiger partial charge in [0.15, 0.2) is 0 Å². The summed E-state index contributed by atoms with van der Waals surface area (Å²) in [5.41, 5.74) is 5.65. The summed E-state index contributed by atoms with van der Waals surface area (Å²) in [6.45, 7) is 15.4. The van der Waals surface area contributed by atoms with Gasteiger partial charge in [-0.1, -0.05) is 41.9 Å². The van der Waals surface area contributed by atoms with Gasteiger partial charge >= 0.3 is 5.97 Å². The molecule has 1 aliphatic carbocycles. The molecule has 0 aromatic rings. The summed E-state index contributed by atoms with van der Waals surface area (Å²) in [6, 6.07) is -0.126. The molecule has 2 heterocycles. The first-order valence-electron chi connectivity index (χ1n) is 12.2. The first-order valence-corrected chi connectivity index (χ1v) is 12.2. The first kappa shape index (κ1) is 26.1. The summed E-state index contributed by atoms with van der Waals surface area (Å²) < 4.78 is 18.5. The lowest BCUT2D eigenvalue weighted by Gasteiger charge is -2.51. The number of epoxide rings is 2. The Kier molecular flexibility index (Phi) is 7.94. The molecular weight excluding hydrogens is 418 g/mol. The lowest BCUT2D eigenvalue weighted by molar-refractivity contribution is -0.172. The molecule has 3 rings (SSSR count). The fourth-order valence-electron chi connectivity index (χ4n) is 5.56. The number of nitrogens with one attached hydrogen (secondary N) is 1. The number of hydroxylamine groups is 1. The fraction of sp³-hybridized carbons (Fsp3) is 0.741. The molecule has 33 heavy (non-hydrogen) atoms. The van der Waals surface area contributed by atoms with E-state index in [1.54, 1.807) is 7.11 Å². The van der Waals surface area contributed by atoms with Gasteiger partial charge in [-0.05, 0) is 67.2 Å². The number of rotatable bonds is 10. The highest BCUT2D eigenvalue weighted by Crippen LogP contribution is 2.66. The second-order valence-electron chi connectivity index (χ2n) is 10.9. The Labute approximate surface area is 199 Å². The highest BCUT2D eigenvalue weighted by molar-refractivity contribution is 5.72. The van der Waals surface area contributed by atoms with Gasteiger partial charge in [-0.25, -0.2) is 0 Å². The molecule has 1 spiro atoms. The van der Waals surface area contributed by atoms with E-state index in [1.807, 2.05) is 6.92 Å². The monoisotopic (exact) mass is 461 g/mol. The van der Waals surface area contributed by atoms with Crippen LogP contribution in [0.4, 0.5) is 0 Å². The van der Waals surface area contributed by atoms with Crippen LogP contribution in [0.2, 0.25) is 0 Å². The van der Waals surface area contributed by atoms with Crippen molar-refractivity contribution < 1.29 is 23.8 Å². The van der Waals surface area contributed by atoms with E-state index in [4.69, 9.17) is 19.0 Å². The normalized spacial score (nSPS) is 37.5. The third kappa shape index (κ3) is 5.29. The second-order valence-corrected chi connectivity index (χ2v) is 10.9. The van der Waals surface area contributed by atoms with Crippen LogP contribution in [-0.2, 0) is 23.8 Å². The topological polar surface area (TPSA) is 72.6 Å². The van der Waals surface area contributed by atoms with Gasteiger partial charge < -0.3 is 19.0 Å². The van der Waals surface area contributed by atoms with Crippen LogP contribution in [0.15, 0.2) is 34.9 Å². The Morgan fingerprint density at radius 3 is 2.33 bits per heavy atom. The zero-order valence-corrected chi connectivity index (χ0v) is 21.7. The van der Waals surface area contributed by atoms with E-state index in [9.17, 15) is 4.79 Å². The zero-order chi connectivity index (χ0) is 24.4. The van der Waals surface area contributed by atoms with Crippen molar-refractivity contribution in [2.24, 2.45) is 5.41 Å². The molecule has 2 saturated heterocycles. The Morgan fingerprint density at radius 2 is 1.76 bits per heavy atom. The molecule has 3 aliphatic rings. The summed E-state index contributed by atoms with van der Waals surface area (Å²) in [5, 5.41) is 0. The third-order valence-electron chi connectivity index (χ3n) is 7.94. The number of carbonyl (C=O) groups excluding carboxylic acids is 1. The van der Waals surface area contributed by atoms with Crippen molar-refractivity contribution in [3.8, 4) is 0 Å². The fourth-order valence-corrected chi connectivity index (χ4v) is 5.56. The molecule has 6 nitrogen and oxygen atoms in total. The molecule has 186 valence electrons. The van der Waals surface area contributed by atoms with E-state index in [1.165, 1.54) is 11.1 Å². The van der Waals surface area contributed by atoms with Crippen LogP contribution in [0.5, 0.6) is 0 Å². The number of hydrogen-bond acceptors (Lipinski definition) is 6. The number of ether oxygens (including phenoxy) is 3. The van der Waals surface area contributed by atoms with Crippen LogP contribution in [0, 0.1) is 5.41 Å². The summed E-state index contributed by atoms with van der Waals surface area (Å²) >= 11 is 0. The minimum absolute atomic E-state index is 0.126. The first-order chi connectivity index (χ1) is 15.5. The molecular formula is C27H43NO5. The van der Waals surface area contributed by atoms with Crippen LogP contribution < -0.4 is 5.48 Å². The number of hydrogen-bond donors (Lipinski definition) is 1. The second kappa shape index (κ2) is 10.0. The molecule has 0 aromatic carbocycles. The van der Waals surface area contributed by atoms with Crippen LogP contribution in [0.1, 0.15) is 80.6 Å². The van der Waals surface area contributed by atoms with E-state index in [-0.39, 0.29) is 47.3 Å². The molecule has 6 heteroatoms. The lowest BCUT2D eigenvalue weighted by Crippen LogP contribution is -2.65. The highest BCUT2D eigenvalue weighted by atomic mass is 16.7.